The predicted octanol–water partition coefficient (Wildman–Crippen LogP) is 3.39. The summed E-state index contributed by atoms with van der Waals surface area (Å²) >= 11 is 0. The van der Waals surface area contributed by atoms with Gasteiger partial charge in [-0.2, -0.15) is 0 Å². The number of benzene rings is 1. The Balaban J connectivity index is 2.14. The van der Waals surface area contributed by atoms with Crippen molar-refractivity contribution in [3.05, 3.63) is 35.4 Å². The van der Waals surface area contributed by atoms with Gasteiger partial charge in [-0.25, -0.2) is 0 Å². The number of rotatable bonds is 5. The molecule has 0 amide bonds. The standard InChI is InChI=1S/C15H20O2/c1-3-5-12-6-8-13(9-7-12)14(16)15(17-2)10-4-11-15/h6-9H,3-5,10-11H2,1-2H3. The maximum Gasteiger partial charge on any atom is 0.194 e. The first-order valence-electron chi connectivity index (χ1n) is 6.41. The Morgan fingerprint density at radius 2 is 1.94 bits per heavy atom. The Hall–Kier alpha value is -1.15. The summed E-state index contributed by atoms with van der Waals surface area (Å²) in [7, 11) is 1.64. The lowest BCUT2D eigenvalue weighted by Crippen LogP contribution is -2.47. The molecule has 0 unspecified atom stereocenters. The van der Waals surface area contributed by atoms with Crippen LogP contribution in [0.3, 0.4) is 0 Å². The van der Waals surface area contributed by atoms with Gasteiger partial charge >= 0.3 is 0 Å². The van der Waals surface area contributed by atoms with Gasteiger partial charge in [0.1, 0.15) is 5.60 Å². The minimum Gasteiger partial charge on any atom is -0.370 e. The van der Waals surface area contributed by atoms with Crippen LogP contribution in [0.4, 0.5) is 0 Å². The molecular weight excluding hydrogens is 212 g/mol. The molecule has 92 valence electrons. The molecule has 1 fully saturated rings. The Bertz CT molecular complexity index is 382. The van der Waals surface area contributed by atoms with E-state index < -0.39 is 5.60 Å². The van der Waals surface area contributed by atoms with Crippen molar-refractivity contribution in [2.75, 3.05) is 7.11 Å². The molecule has 0 bridgehead atoms. The maximum atomic E-state index is 12.3. The molecule has 1 saturated carbocycles. The quantitative estimate of drug-likeness (QED) is 0.727. The number of hydrogen-bond donors (Lipinski definition) is 0. The molecule has 0 heterocycles. The van der Waals surface area contributed by atoms with E-state index in [4.69, 9.17) is 4.74 Å². The average molecular weight is 232 g/mol. The molecule has 0 spiro atoms. The van der Waals surface area contributed by atoms with Crippen LogP contribution in [0.1, 0.15) is 48.5 Å². The summed E-state index contributed by atoms with van der Waals surface area (Å²) in [4.78, 5) is 12.3. The van der Waals surface area contributed by atoms with Crippen molar-refractivity contribution in [3.63, 3.8) is 0 Å². The molecular formula is C15H20O2. The second-order valence-corrected chi connectivity index (χ2v) is 4.83. The Kier molecular flexibility index (Phi) is 3.63. The molecule has 2 rings (SSSR count). The van der Waals surface area contributed by atoms with Crippen LogP contribution in [0.15, 0.2) is 24.3 Å². The molecule has 17 heavy (non-hydrogen) atoms. The van der Waals surface area contributed by atoms with Crippen molar-refractivity contribution < 1.29 is 9.53 Å². The van der Waals surface area contributed by atoms with Crippen molar-refractivity contribution in [2.45, 2.75) is 44.6 Å². The highest BCUT2D eigenvalue weighted by Gasteiger charge is 2.44. The molecule has 0 aromatic heterocycles. The van der Waals surface area contributed by atoms with Crippen molar-refractivity contribution in [2.24, 2.45) is 0 Å². The Morgan fingerprint density at radius 3 is 2.35 bits per heavy atom. The van der Waals surface area contributed by atoms with E-state index in [1.165, 1.54) is 5.56 Å². The second-order valence-electron chi connectivity index (χ2n) is 4.83. The SMILES string of the molecule is CCCc1ccc(C(=O)C2(OC)CCC2)cc1. The van der Waals surface area contributed by atoms with Gasteiger partial charge in [0.25, 0.3) is 0 Å². The molecule has 2 nitrogen and oxygen atoms in total. The van der Waals surface area contributed by atoms with E-state index >= 15 is 0 Å². The first-order valence-corrected chi connectivity index (χ1v) is 6.41. The van der Waals surface area contributed by atoms with Gasteiger partial charge in [0.15, 0.2) is 5.78 Å². The van der Waals surface area contributed by atoms with Gasteiger partial charge in [0.2, 0.25) is 0 Å². The Labute approximate surface area is 103 Å². The molecule has 0 saturated heterocycles. The van der Waals surface area contributed by atoms with E-state index in [0.29, 0.717) is 0 Å². The van der Waals surface area contributed by atoms with Gasteiger partial charge in [0, 0.05) is 12.7 Å². The summed E-state index contributed by atoms with van der Waals surface area (Å²) in [6, 6.07) is 7.98. The van der Waals surface area contributed by atoms with E-state index in [-0.39, 0.29) is 5.78 Å². The number of carbonyl (C=O) groups excluding carboxylic acids is 1. The first-order chi connectivity index (χ1) is 8.22. The van der Waals surface area contributed by atoms with E-state index in [1.54, 1.807) is 7.11 Å². The predicted molar refractivity (Wildman–Crippen MR) is 68.4 cm³/mol. The third-order valence-corrected chi connectivity index (χ3v) is 3.72. The van der Waals surface area contributed by atoms with Crippen molar-refractivity contribution in [1.29, 1.82) is 0 Å². The molecule has 1 aromatic rings. The Morgan fingerprint density at radius 1 is 1.29 bits per heavy atom. The van der Waals surface area contributed by atoms with E-state index in [2.05, 4.69) is 19.1 Å². The third kappa shape index (κ3) is 2.27. The van der Waals surface area contributed by atoms with Crippen LogP contribution in [0, 0.1) is 0 Å². The molecule has 1 aromatic carbocycles. The summed E-state index contributed by atoms with van der Waals surface area (Å²) < 4.78 is 5.42. The molecule has 1 aliphatic rings. The van der Waals surface area contributed by atoms with Crippen LogP contribution in [-0.2, 0) is 11.2 Å². The minimum absolute atomic E-state index is 0.147. The zero-order valence-corrected chi connectivity index (χ0v) is 10.7. The van der Waals surface area contributed by atoms with Crippen LogP contribution in [0.2, 0.25) is 0 Å². The largest absolute Gasteiger partial charge is 0.370 e. The summed E-state index contributed by atoms with van der Waals surface area (Å²) in [6.45, 7) is 2.16. The highest BCUT2D eigenvalue weighted by Crippen LogP contribution is 2.37. The topological polar surface area (TPSA) is 26.3 Å². The molecule has 0 N–H and O–H groups in total. The normalized spacial score (nSPS) is 17.5. The van der Waals surface area contributed by atoms with Gasteiger partial charge in [-0.3, -0.25) is 4.79 Å². The number of carbonyl (C=O) groups is 1. The minimum atomic E-state index is -0.522. The zero-order valence-electron chi connectivity index (χ0n) is 10.7. The smallest absolute Gasteiger partial charge is 0.194 e. The molecule has 0 aliphatic heterocycles. The van der Waals surface area contributed by atoms with Gasteiger partial charge in [-0.1, -0.05) is 37.6 Å². The van der Waals surface area contributed by atoms with Gasteiger partial charge in [-0.15, -0.1) is 0 Å². The third-order valence-electron chi connectivity index (χ3n) is 3.72. The number of ether oxygens (including phenoxy) is 1. The summed E-state index contributed by atoms with van der Waals surface area (Å²) in [5, 5.41) is 0. The van der Waals surface area contributed by atoms with Gasteiger partial charge < -0.3 is 4.74 Å². The van der Waals surface area contributed by atoms with Crippen molar-refractivity contribution in [1.82, 2.24) is 0 Å². The van der Waals surface area contributed by atoms with Gasteiger partial charge in [-0.05, 0) is 31.2 Å². The monoisotopic (exact) mass is 232 g/mol. The number of Topliss-reactive ketones (excluding diaryl/α,β-unsaturated/α-hetero) is 1. The maximum absolute atomic E-state index is 12.3. The zero-order chi connectivity index (χ0) is 12.3. The second kappa shape index (κ2) is 5.01. The van der Waals surface area contributed by atoms with Crippen LogP contribution >= 0.6 is 0 Å². The fourth-order valence-corrected chi connectivity index (χ4v) is 2.40. The number of aryl methyl sites for hydroxylation is 1. The van der Waals surface area contributed by atoms with Crippen LogP contribution < -0.4 is 0 Å². The average Bonchev–Trinajstić information content (AvgIpc) is 2.29. The van der Waals surface area contributed by atoms with Crippen molar-refractivity contribution >= 4 is 5.78 Å². The lowest BCUT2D eigenvalue weighted by atomic mass is 9.75. The van der Waals surface area contributed by atoms with E-state index in [0.717, 1.165) is 37.7 Å². The fourth-order valence-electron chi connectivity index (χ4n) is 2.40. The summed E-state index contributed by atoms with van der Waals surface area (Å²) in [5.41, 5.74) is 1.56. The fraction of sp³-hybridized carbons (Fsp3) is 0.533. The molecule has 0 atom stereocenters. The van der Waals surface area contributed by atoms with Gasteiger partial charge in [0.05, 0.1) is 0 Å². The molecule has 0 radical (unpaired) electrons. The number of methoxy groups -OCH3 is 1. The van der Waals surface area contributed by atoms with Crippen LogP contribution in [-0.4, -0.2) is 18.5 Å². The number of ketones is 1. The molecule has 1 aliphatic carbocycles. The number of hydrogen-bond acceptors (Lipinski definition) is 2. The van der Waals surface area contributed by atoms with E-state index in [9.17, 15) is 4.79 Å². The molecule has 2 heteroatoms. The van der Waals surface area contributed by atoms with Crippen LogP contribution in [0.25, 0.3) is 0 Å². The van der Waals surface area contributed by atoms with Crippen molar-refractivity contribution in [3.8, 4) is 0 Å². The highest BCUT2D eigenvalue weighted by molar-refractivity contribution is 6.03. The lowest BCUT2D eigenvalue weighted by Gasteiger charge is -2.38. The van der Waals surface area contributed by atoms with E-state index in [1.807, 2.05) is 12.1 Å². The summed E-state index contributed by atoms with van der Waals surface area (Å²) in [5.74, 6) is 0.147. The first kappa shape index (κ1) is 12.3. The summed E-state index contributed by atoms with van der Waals surface area (Å²) in [6.07, 6.45) is 5.02. The highest BCUT2D eigenvalue weighted by atomic mass is 16.5. The lowest BCUT2D eigenvalue weighted by molar-refractivity contribution is -0.0448. The van der Waals surface area contributed by atoms with Crippen LogP contribution in [0.5, 0.6) is 0 Å².